The molecule has 236 valence electrons. The van der Waals surface area contributed by atoms with Crippen LogP contribution < -0.4 is 27.0 Å². The SMILES string of the molecule is CC(C)CCN(CC(O)C(Cc1ccccc1)NC(=O)C(CC(N)=O)NC(=O)NCc1ccccc1)C(=O)NC(C)(C)C. The maximum absolute atomic E-state index is 13.5. The topological polar surface area (TPSA) is 166 Å². The van der Waals surface area contributed by atoms with Crippen molar-refractivity contribution < 1.29 is 24.3 Å². The fourth-order valence-corrected chi connectivity index (χ4v) is 4.28. The quantitative estimate of drug-likeness (QED) is 0.186. The minimum atomic E-state index is -1.28. The van der Waals surface area contributed by atoms with E-state index >= 15 is 0 Å². The maximum Gasteiger partial charge on any atom is 0.317 e. The smallest absolute Gasteiger partial charge is 0.317 e. The van der Waals surface area contributed by atoms with Crippen molar-refractivity contribution in [2.24, 2.45) is 11.7 Å². The van der Waals surface area contributed by atoms with Crippen LogP contribution in [0.4, 0.5) is 9.59 Å². The molecule has 11 heteroatoms. The number of hydrogen-bond acceptors (Lipinski definition) is 5. The van der Waals surface area contributed by atoms with Crippen LogP contribution in [0.15, 0.2) is 60.7 Å². The molecule has 0 aliphatic rings. The van der Waals surface area contributed by atoms with Crippen LogP contribution >= 0.6 is 0 Å². The average Bonchev–Trinajstić information content (AvgIpc) is 2.93. The molecule has 11 nitrogen and oxygen atoms in total. The molecule has 0 saturated carbocycles. The first kappa shape index (κ1) is 35.1. The molecule has 0 aromatic heterocycles. The van der Waals surface area contributed by atoms with E-state index in [1.54, 1.807) is 4.90 Å². The molecule has 0 aliphatic heterocycles. The Labute approximate surface area is 255 Å². The Hall–Kier alpha value is -4.12. The van der Waals surface area contributed by atoms with Crippen LogP contribution in [0.25, 0.3) is 0 Å². The molecule has 2 aromatic carbocycles. The van der Waals surface area contributed by atoms with Crippen molar-refractivity contribution >= 4 is 23.9 Å². The van der Waals surface area contributed by atoms with E-state index in [4.69, 9.17) is 5.73 Å². The number of rotatable bonds is 15. The molecule has 3 atom stereocenters. The van der Waals surface area contributed by atoms with E-state index in [1.165, 1.54) is 0 Å². The second-order valence-corrected chi connectivity index (χ2v) is 12.2. The van der Waals surface area contributed by atoms with Gasteiger partial charge in [-0.3, -0.25) is 9.59 Å². The van der Waals surface area contributed by atoms with Crippen molar-refractivity contribution in [1.29, 1.82) is 0 Å². The predicted molar refractivity (Wildman–Crippen MR) is 167 cm³/mol. The monoisotopic (exact) mass is 596 g/mol. The summed E-state index contributed by atoms with van der Waals surface area (Å²) in [7, 11) is 0. The summed E-state index contributed by atoms with van der Waals surface area (Å²) >= 11 is 0. The van der Waals surface area contributed by atoms with E-state index in [2.05, 4.69) is 35.1 Å². The number of aliphatic hydroxyl groups excluding tert-OH is 1. The lowest BCUT2D eigenvalue weighted by atomic mass is 9.99. The Bertz CT molecular complexity index is 1170. The molecule has 0 fully saturated rings. The molecule has 43 heavy (non-hydrogen) atoms. The van der Waals surface area contributed by atoms with Gasteiger partial charge in [0.1, 0.15) is 6.04 Å². The molecule has 0 radical (unpaired) electrons. The highest BCUT2D eigenvalue weighted by Gasteiger charge is 2.31. The highest BCUT2D eigenvalue weighted by Crippen LogP contribution is 2.12. The summed E-state index contributed by atoms with van der Waals surface area (Å²) in [6.07, 6.45) is -0.630. The Kier molecular flexibility index (Phi) is 14.0. The summed E-state index contributed by atoms with van der Waals surface area (Å²) in [5, 5.41) is 22.4. The van der Waals surface area contributed by atoms with Gasteiger partial charge in [-0.25, -0.2) is 9.59 Å². The van der Waals surface area contributed by atoms with Crippen LogP contribution in [0, 0.1) is 5.92 Å². The molecule has 0 bridgehead atoms. The lowest BCUT2D eigenvalue weighted by Gasteiger charge is -2.33. The van der Waals surface area contributed by atoms with Crippen molar-refractivity contribution in [3.05, 3.63) is 71.8 Å². The normalized spacial score (nSPS) is 13.4. The summed E-state index contributed by atoms with van der Waals surface area (Å²) in [5.74, 6) is -1.13. The largest absolute Gasteiger partial charge is 0.389 e. The first-order valence-electron chi connectivity index (χ1n) is 14.7. The van der Waals surface area contributed by atoms with Crippen LogP contribution in [0.2, 0.25) is 0 Å². The van der Waals surface area contributed by atoms with Gasteiger partial charge in [0.25, 0.3) is 0 Å². The molecule has 0 heterocycles. The molecular weight excluding hydrogens is 548 g/mol. The van der Waals surface area contributed by atoms with Crippen LogP contribution in [0.1, 0.15) is 58.6 Å². The summed E-state index contributed by atoms with van der Waals surface area (Å²) in [6.45, 7) is 10.3. The van der Waals surface area contributed by atoms with Gasteiger partial charge in [-0.2, -0.15) is 0 Å². The van der Waals surface area contributed by atoms with Crippen LogP contribution in [0.5, 0.6) is 0 Å². The third-order valence-corrected chi connectivity index (χ3v) is 6.57. The summed E-state index contributed by atoms with van der Waals surface area (Å²) < 4.78 is 0. The zero-order chi connectivity index (χ0) is 32.0. The number of primary amides is 1. The molecule has 6 amide bonds. The first-order valence-corrected chi connectivity index (χ1v) is 14.7. The van der Waals surface area contributed by atoms with E-state index in [0.717, 1.165) is 17.5 Å². The van der Waals surface area contributed by atoms with E-state index in [-0.39, 0.29) is 25.5 Å². The fourth-order valence-electron chi connectivity index (χ4n) is 4.28. The fraction of sp³-hybridized carbons (Fsp3) is 0.500. The second-order valence-electron chi connectivity index (χ2n) is 12.2. The zero-order valence-corrected chi connectivity index (χ0v) is 25.9. The molecule has 0 aliphatic carbocycles. The minimum Gasteiger partial charge on any atom is -0.389 e. The molecule has 7 N–H and O–H groups in total. The van der Waals surface area contributed by atoms with Crippen LogP contribution in [-0.2, 0) is 22.6 Å². The molecule has 0 saturated heterocycles. The van der Waals surface area contributed by atoms with Crippen LogP contribution in [-0.4, -0.2) is 70.7 Å². The Morgan fingerprint density at radius 2 is 1.49 bits per heavy atom. The second kappa shape index (κ2) is 17.1. The number of carbonyl (C=O) groups is 4. The van der Waals surface area contributed by atoms with Gasteiger partial charge in [0.15, 0.2) is 0 Å². The van der Waals surface area contributed by atoms with Crippen molar-refractivity contribution in [1.82, 2.24) is 26.2 Å². The summed E-state index contributed by atoms with van der Waals surface area (Å²) in [6, 6.07) is 15.4. The number of nitrogens with zero attached hydrogens (tertiary/aromatic N) is 1. The van der Waals surface area contributed by atoms with E-state index in [0.29, 0.717) is 12.5 Å². The number of nitrogens with one attached hydrogen (secondary N) is 4. The summed E-state index contributed by atoms with van der Waals surface area (Å²) in [5.41, 5.74) is 6.63. The molecular formula is C32H48N6O5. The van der Waals surface area contributed by atoms with Gasteiger partial charge in [-0.05, 0) is 50.7 Å². The van der Waals surface area contributed by atoms with E-state index in [1.807, 2.05) is 81.4 Å². The number of urea groups is 2. The average molecular weight is 597 g/mol. The highest BCUT2D eigenvalue weighted by atomic mass is 16.3. The van der Waals surface area contributed by atoms with Gasteiger partial charge in [-0.15, -0.1) is 0 Å². The molecule has 0 spiro atoms. The number of benzene rings is 2. The third kappa shape index (κ3) is 14.1. The standard InChI is InChI=1S/C32H48N6O5/c1-22(2)16-17-38(31(43)37-32(3,4)5)21-27(39)25(18-23-12-8-6-9-13-23)35-29(41)26(19-28(33)40)36-30(42)34-20-24-14-10-7-11-15-24/h6-15,22,25-27,39H,16-21H2,1-5H3,(H2,33,40)(H,35,41)(H,37,43)(H2,34,36,42). The van der Waals surface area contributed by atoms with Gasteiger partial charge in [0.2, 0.25) is 11.8 Å². The molecule has 3 unspecified atom stereocenters. The number of carbonyl (C=O) groups excluding carboxylic acids is 4. The van der Waals surface area contributed by atoms with Gasteiger partial charge in [0, 0.05) is 18.6 Å². The van der Waals surface area contributed by atoms with Gasteiger partial charge >= 0.3 is 12.1 Å². The minimum absolute atomic E-state index is 0.0438. The van der Waals surface area contributed by atoms with E-state index in [9.17, 15) is 24.3 Å². The molecule has 2 aromatic rings. The lowest BCUT2D eigenvalue weighted by Crippen LogP contribution is -2.58. The zero-order valence-electron chi connectivity index (χ0n) is 25.9. The van der Waals surface area contributed by atoms with Crippen LogP contribution in [0.3, 0.4) is 0 Å². The van der Waals surface area contributed by atoms with E-state index < -0.39 is 48.0 Å². The number of hydrogen-bond donors (Lipinski definition) is 6. The van der Waals surface area contributed by atoms with Gasteiger partial charge in [-0.1, -0.05) is 74.5 Å². The van der Waals surface area contributed by atoms with Gasteiger partial charge in [0.05, 0.1) is 25.1 Å². The Morgan fingerprint density at radius 3 is 2.02 bits per heavy atom. The lowest BCUT2D eigenvalue weighted by molar-refractivity contribution is -0.128. The first-order chi connectivity index (χ1) is 20.2. The highest BCUT2D eigenvalue weighted by molar-refractivity contribution is 5.91. The van der Waals surface area contributed by atoms with Crippen molar-refractivity contribution in [3.63, 3.8) is 0 Å². The number of nitrogens with two attached hydrogens (primary N) is 1. The van der Waals surface area contributed by atoms with Crippen molar-refractivity contribution in [3.8, 4) is 0 Å². The molecule has 2 rings (SSSR count). The van der Waals surface area contributed by atoms with Crippen molar-refractivity contribution in [2.45, 2.75) is 84.2 Å². The Morgan fingerprint density at radius 1 is 0.907 bits per heavy atom. The Balaban J connectivity index is 2.22. The predicted octanol–water partition coefficient (Wildman–Crippen LogP) is 2.67. The number of aliphatic hydroxyl groups is 1. The van der Waals surface area contributed by atoms with Crippen molar-refractivity contribution in [2.75, 3.05) is 13.1 Å². The summed E-state index contributed by atoms with van der Waals surface area (Å²) in [4.78, 5) is 52.6. The number of amides is 6. The third-order valence-electron chi connectivity index (χ3n) is 6.57. The maximum atomic E-state index is 13.5. The van der Waals surface area contributed by atoms with Gasteiger partial charge < -0.3 is 37.0 Å².